The van der Waals surface area contributed by atoms with Gasteiger partial charge in [-0.2, -0.15) is 5.26 Å². The summed E-state index contributed by atoms with van der Waals surface area (Å²) in [4.78, 5) is 11.1. The van der Waals surface area contributed by atoms with Gasteiger partial charge < -0.3 is 9.47 Å². The first-order valence-corrected chi connectivity index (χ1v) is 15.6. The average Bonchev–Trinajstić information content (AvgIpc) is 3.00. The standard InChI is InChI=1S/C36H49NO3/c1-4-7-15-33(13-5-2)40-34-22-20-30(21-23-34)29-16-18-31(19-17-29)32-14-12-25-36(27-32,28-37)24-10-8-9-11-26-39-35(38)6-3/h6,16-23,32-33H,3-5,7-15,24-27H2,1-2H3. The van der Waals surface area contributed by atoms with E-state index >= 15 is 0 Å². The summed E-state index contributed by atoms with van der Waals surface area (Å²) in [5.74, 6) is 1.04. The Labute approximate surface area is 242 Å². The van der Waals surface area contributed by atoms with Crippen LogP contribution >= 0.6 is 0 Å². The molecule has 0 aliphatic heterocycles. The lowest BCUT2D eigenvalue weighted by Crippen LogP contribution is -2.26. The van der Waals surface area contributed by atoms with E-state index in [1.54, 1.807) is 0 Å². The number of esters is 1. The van der Waals surface area contributed by atoms with E-state index in [0.29, 0.717) is 18.6 Å². The normalized spacial score (nSPS) is 19.4. The van der Waals surface area contributed by atoms with Gasteiger partial charge in [-0.25, -0.2) is 4.79 Å². The summed E-state index contributed by atoms with van der Waals surface area (Å²) in [6.07, 6.45) is 16.4. The Morgan fingerprint density at radius 3 is 2.35 bits per heavy atom. The second-order valence-corrected chi connectivity index (χ2v) is 11.5. The Morgan fingerprint density at radius 1 is 1.00 bits per heavy atom. The second-order valence-electron chi connectivity index (χ2n) is 11.5. The molecule has 3 atom stereocenters. The second kappa shape index (κ2) is 16.9. The Hall–Kier alpha value is -3.06. The number of rotatable bonds is 17. The Balaban J connectivity index is 1.52. The molecule has 0 heterocycles. The average molecular weight is 544 g/mol. The molecular formula is C36H49NO3. The SMILES string of the molecule is C=CC(=O)OCCCCCCC1(C#N)CCCC(c2ccc(-c3ccc(OC(CCC)CCCC)cc3)cc2)C1. The molecule has 1 aliphatic rings. The lowest BCUT2D eigenvalue weighted by molar-refractivity contribution is -0.137. The van der Waals surface area contributed by atoms with Gasteiger partial charge >= 0.3 is 5.97 Å². The van der Waals surface area contributed by atoms with E-state index in [-0.39, 0.29) is 11.4 Å². The van der Waals surface area contributed by atoms with Crippen molar-refractivity contribution in [3.8, 4) is 22.9 Å². The van der Waals surface area contributed by atoms with Gasteiger partial charge in [0.25, 0.3) is 0 Å². The molecule has 216 valence electrons. The zero-order valence-corrected chi connectivity index (χ0v) is 24.8. The van der Waals surface area contributed by atoms with Crippen LogP contribution in [0.4, 0.5) is 0 Å². The fourth-order valence-electron chi connectivity index (χ4n) is 6.06. The number of carbonyl (C=O) groups is 1. The van der Waals surface area contributed by atoms with E-state index < -0.39 is 0 Å². The van der Waals surface area contributed by atoms with Crippen LogP contribution in [0.25, 0.3) is 11.1 Å². The number of hydrogen-bond donors (Lipinski definition) is 0. The van der Waals surface area contributed by atoms with E-state index in [0.717, 1.165) is 82.8 Å². The van der Waals surface area contributed by atoms with Crippen LogP contribution in [-0.4, -0.2) is 18.7 Å². The van der Waals surface area contributed by atoms with Crippen molar-refractivity contribution in [1.29, 1.82) is 5.26 Å². The lowest BCUT2D eigenvalue weighted by Gasteiger charge is -2.36. The molecule has 3 rings (SSSR count). The number of carbonyl (C=O) groups excluding carboxylic acids is 1. The van der Waals surface area contributed by atoms with Crippen molar-refractivity contribution in [1.82, 2.24) is 0 Å². The van der Waals surface area contributed by atoms with Crippen LogP contribution in [0.1, 0.15) is 115 Å². The van der Waals surface area contributed by atoms with E-state index in [2.05, 4.69) is 75.0 Å². The number of nitriles is 1. The topological polar surface area (TPSA) is 59.3 Å². The molecular weight excluding hydrogens is 494 g/mol. The predicted octanol–water partition coefficient (Wildman–Crippen LogP) is 9.94. The molecule has 0 radical (unpaired) electrons. The Bertz CT molecular complexity index is 1070. The smallest absolute Gasteiger partial charge is 0.330 e. The highest BCUT2D eigenvalue weighted by atomic mass is 16.5. The van der Waals surface area contributed by atoms with Crippen molar-refractivity contribution in [2.24, 2.45) is 5.41 Å². The Morgan fingerprint density at radius 2 is 1.70 bits per heavy atom. The van der Waals surface area contributed by atoms with Gasteiger partial charge in [0.2, 0.25) is 0 Å². The number of nitrogens with zero attached hydrogens (tertiary/aromatic N) is 1. The van der Waals surface area contributed by atoms with E-state index in [9.17, 15) is 10.1 Å². The fraction of sp³-hybridized carbons (Fsp3) is 0.556. The molecule has 0 N–H and O–H groups in total. The first kappa shape index (κ1) is 31.5. The minimum Gasteiger partial charge on any atom is -0.490 e. The van der Waals surface area contributed by atoms with Crippen LogP contribution in [0.5, 0.6) is 5.75 Å². The maximum absolute atomic E-state index is 11.1. The molecule has 0 saturated heterocycles. The van der Waals surface area contributed by atoms with Gasteiger partial charge in [-0.15, -0.1) is 0 Å². The third kappa shape index (κ3) is 9.84. The molecule has 4 heteroatoms. The third-order valence-electron chi connectivity index (χ3n) is 8.41. The first-order chi connectivity index (χ1) is 19.5. The zero-order valence-electron chi connectivity index (χ0n) is 24.8. The molecule has 1 fully saturated rings. The molecule has 2 aromatic rings. The third-order valence-corrected chi connectivity index (χ3v) is 8.41. The van der Waals surface area contributed by atoms with Crippen molar-refractivity contribution in [2.75, 3.05) is 6.61 Å². The first-order valence-electron chi connectivity index (χ1n) is 15.6. The highest BCUT2D eigenvalue weighted by Crippen LogP contribution is 2.47. The maximum Gasteiger partial charge on any atom is 0.330 e. The van der Waals surface area contributed by atoms with Gasteiger partial charge in [0.05, 0.1) is 24.2 Å². The van der Waals surface area contributed by atoms with Crippen molar-refractivity contribution in [3.05, 3.63) is 66.7 Å². The molecule has 0 spiro atoms. The Kier molecular flexibility index (Phi) is 13.3. The molecule has 40 heavy (non-hydrogen) atoms. The van der Waals surface area contributed by atoms with Crippen LogP contribution in [0.15, 0.2) is 61.2 Å². The van der Waals surface area contributed by atoms with Gasteiger partial charge in [-0.1, -0.05) is 102 Å². The van der Waals surface area contributed by atoms with Crippen LogP contribution in [0, 0.1) is 16.7 Å². The van der Waals surface area contributed by atoms with Gasteiger partial charge in [0.15, 0.2) is 0 Å². The van der Waals surface area contributed by atoms with Gasteiger partial charge in [0, 0.05) is 6.08 Å². The number of ether oxygens (including phenoxy) is 2. The zero-order chi connectivity index (χ0) is 28.6. The summed E-state index contributed by atoms with van der Waals surface area (Å²) in [5.41, 5.74) is 3.55. The van der Waals surface area contributed by atoms with E-state index in [1.165, 1.54) is 35.6 Å². The summed E-state index contributed by atoms with van der Waals surface area (Å²) in [5, 5.41) is 10.2. The van der Waals surface area contributed by atoms with Crippen molar-refractivity contribution < 1.29 is 14.3 Å². The molecule has 0 bridgehead atoms. The van der Waals surface area contributed by atoms with E-state index in [1.807, 2.05) is 0 Å². The largest absolute Gasteiger partial charge is 0.490 e. The maximum atomic E-state index is 11.1. The fourth-order valence-corrected chi connectivity index (χ4v) is 6.06. The molecule has 0 aromatic heterocycles. The highest BCUT2D eigenvalue weighted by molar-refractivity contribution is 5.81. The summed E-state index contributed by atoms with van der Waals surface area (Å²) < 4.78 is 11.3. The van der Waals surface area contributed by atoms with Crippen molar-refractivity contribution >= 4 is 5.97 Å². The number of benzene rings is 2. The van der Waals surface area contributed by atoms with Gasteiger partial charge in [-0.05, 0) is 79.7 Å². The molecule has 0 amide bonds. The van der Waals surface area contributed by atoms with Gasteiger partial charge in [0.1, 0.15) is 5.75 Å². The van der Waals surface area contributed by atoms with Crippen LogP contribution in [-0.2, 0) is 9.53 Å². The minimum atomic E-state index is -0.356. The molecule has 1 saturated carbocycles. The number of unbranched alkanes of at least 4 members (excludes halogenated alkanes) is 4. The predicted molar refractivity (Wildman–Crippen MR) is 164 cm³/mol. The minimum absolute atomic E-state index is 0.223. The van der Waals surface area contributed by atoms with E-state index in [4.69, 9.17) is 9.47 Å². The van der Waals surface area contributed by atoms with Crippen molar-refractivity contribution in [2.45, 2.75) is 116 Å². The summed E-state index contributed by atoms with van der Waals surface area (Å²) >= 11 is 0. The van der Waals surface area contributed by atoms with Crippen LogP contribution in [0.2, 0.25) is 0 Å². The summed E-state index contributed by atoms with van der Waals surface area (Å²) in [7, 11) is 0. The molecule has 2 aromatic carbocycles. The van der Waals surface area contributed by atoms with Crippen LogP contribution in [0.3, 0.4) is 0 Å². The summed E-state index contributed by atoms with van der Waals surface area (Å²) in [6, 6.07) is 20.3. The molecule has 1 aliphatic carbocycles. The quantitative estimate of drug-likeness (QED) is 0.113. The summed E-state index contributed by atoms with van der Waals surface area (Å²) in [6.45, 7) is 8.32. The lowest BCUT2D eigenvalue weighted by atomic mass is 9.66. The van der Waals surface area contributed by atoms with Gasteiger partial charge in [-0.3, -0.25) is 0 Å². The van der Waals surface area contributed by atoms with Crippen molar-refractivity contribution in [3.63, 3.8) is 0 Å². The van der Waals surface area contributed by atoms with Crippen LogP contribution < -0.4 is 4.74 Å². The number of hydrogen-bond acceptors (Lipinski definition) is 4. The molecule has 4 nitrogen and oxygen atoms in total. The highest BCUT2D eigenvalue weighted by Gasteiger charge is 2.36. The molecule has 3 unspecified atom stereocenters. The monoisotopic (exact) mass is 543 g/mol.